The second kappa shape index (κ2) is 4.30. The number of nitrogens with zero attached hydrogens (tertiary/aromatic N) is 4. The van der Waals surface area contributed by atoms with Gasteiger partial charge in [0, 0.05) is 37.6 Å². The van der Waals surface area contributed by atoms with Crippen LogP contribution in [-0.4, -0.2) is 40.0 Å². The van der Waals surface area contributed by atoms with Crippen molar-refractivity contribution in [3.05, 3.63) is 18.1 Å². The van der Waals surface area contributed by atoms with Crippen molar-refractivity contribution in [1.82, 2.24) is 14.9 Å². The Labute approximate surface area is 100 Å². The second-order valence-corrected chi connectivity index (χ2v) is 4.72. The highest BCUT2D eigenvalue weighted by molar-refractivity contribution is 5.47. The molecule has 0 amide bonds. The van der Waals surface area contributed by atoms with Gasteiger partial charge in [-0.05, 0) is 19.3 Å². The molecule has 0 spiro atoms. The smallest absolute Gasteiger partial charge is 0.182 e. The van der Waals surface area contributed by atoms with Crippen molar-refractivity contribution in [1.29, 1.82) is 5.26 Å². The Balaban J connectivity index is 1.65. The third kappa shape index (κ3) is 2.22. The fraction of sp³-hybridized carbons (Fsp3) is 0.583. The maximum atomic E-state index is 8.94. The number of likely N-dealkylation sites (tertiary alicyclic amines) is 1. The third-order valence-electron chi connectivity index (χ3n) is 3.43. The Hall–Kier alpha value is -1.67. The van der Waals surface area contributed by atoms with E-state index in [4.69, 9.17) is 5.26 Å². The first-order chi connectivity index (χ1) is 8.36. The molecule has 3 rings (SSSR count). The molecule has 2 aliphatic rings. The average molecular weight is 229 g/mol. The van der Waals surface area contributed by atoms with Crippen LogP contribution in [0.4, 0.5) is 5.82 Å². The van der Waals surface area contributed by atoms with Gasteiger partial charge in [0.05, 0.1) is 0 Å². The summed E-state index contributed by atoms with van der Waals surface area (Å²) in [7, 11) is 0. The normalized spacial score (nSPS) is 24.5. The molecule has 0 aromatic carbocycles. The molecule has 1 N–H and O–H groups in total. The van der Waals surface area contributed by atoms with Crippen LogP contribution in [0.2, 0.25) is 0 Å². The van der Waals surface area contributed by atoms with Crippen LogP contribution in [0.15, 0.2) is 12.4 Å². The maximum Gasteiger partial charge on any atom is 0.182 e. The number of hydrogen-bond donors (Lipinski definition) is 1. The van der Waals surface area contributed by atoms with E-state index in [-0.39, 0.29) is 0 Å². The van der Waals surface area contributed by atoms with Crippen LogP contribution in [0, 0.1) is 11.3 Å². The molecule has 2 fully saturated rings. The van der Waals surface area contributed by atoms with Gasteiger partial charge in [0.15, 0.2) is 11.5 Å². The number of nitriles is 1. The fourth-order valence-electron chi connectivity index (χ4n) is 2.40. The summed E-state index contributed by atoms with van der Waals surface area (Å²) in [6.45, 7) is 2.22. The van der Waals surface area contributed by atoms with E-state index in [1.165, 1.54) is 12.8 Å². The summed E-state index contributed by atoms with van der Waals surface area (Å²) in [6.07, 6.45) is 6.99. The lowest BCUT2D eigenvalue weighted by molar-refractivity contribution is 0.326. The Kier molecular flexibility index (Phi) is 2.65. The summed E-state index contributed by atoms with van der Waals surface area (Å²) in [5.41, 5.74) is 0.386. The highest BCUT2D eigenvalue weighted by Gasteiger charge is 2.34. The van der Waals surface area contributed by atoms with Crippen LogP contribution in [0.5, 0.6) is 0 Å². The van der Waals surface area contributed by atoms with Crippen molar-refractivity contribution < 1.29 is 0 Å². The number of rotatable bonds is 3. The molecule has 1 aliphatic carbocycles. The minimum atomic E-state index is 0.386. The van der Waals surface area contributed by atoms with Gasteiger partial charge in [-0.3, -0.25) is 4.90 Å². The lowest BCUT2D eigenvalue weighted by Crippen LogP contribution is -2.28. The van der Waals surface area contributed by atoms with Gasteiger partial charge in [0.1, 0.15) is 6.07 Å². The first-order valence-electron chi connectivity index (χ1n) is 6.08. The van der Waals surface area contributed by atoms with Crippen molar-refractivity contribution in [3.63, 3.8) is 0 Å². The van der Waals surface area contributed by atoms with E-state index >= 15 is 0 Å². The summed E-state index contributed by atoms with van der Waals surface area (Å²) < 4.78 is 0. The summed E-state index contributed by atoms with van der Waals surface area (Å²) in [4.78, 5) is 10.7. The molecule has 88 valence electrons. The molecule has 2 heterocycles. The monoisotopic (exact) mass is 229 g/mol. The van der Waals surface area contributed by atoms with Gasteiger partial charge >= 0.3 is 0 Å². The zero-order valence-corrected chi connectivity index (χ0v) is 9.63. The predicted molar refractivity (Wildman–Crippen MR) is 63.4 cm³/mol. The summed E-state index contributed by atoms with van der Waals surface area (Å²) in [5, 5.41) is 12.3. The lowest BCUT2D eigenvalue weighted by atomic mass is 10.2. The minimum Gasteiger partial charge on any atom is -0.364 e. The Morgan fingerprint density at radius 1 is 1.29 bits per heavy atom. The Morgan fingerprint density at radius 2 is 2.12 bits per heavy atom. The van der Waals surface area contributed by atoms with E-state index in [1.807, 2.05) is 0 Å². The molecule has 1 aromatic heterocycles. The third-order valence-corrected chi connectivity index (χ3v) is 3.43. The molecule has 0 bridgehead atoms. The Bertz CT molecular complexity index is 448. The van der Waals surface area contributed by atoms with E-state index in [2.05, 4.69) is 26.3 Å². The van der Waals surface area contributed by atoms with Gasteiger partial charge in [-0.15, -0.1) is 0 Å². The maximum absolute atomic E-state index is 8.94. The van der Waals surface area contributed by atoms with Crippen LogP contribution < -0.4 is 5.32 Å². The molecule has 1 aliphatic heterocycles. The Morgan fingerprint density at radius 3 is 2.88 bits per heavy atom. The standard InChI is InChI=1S/C12H15N5/c13-7-11-12(15-5-4-14-11)16-9-3-6-17(8-9)10-1-2-10/h4-5,9-10H,1-3,6,8H2,(H,15,16). The zero-order valence-electron chi connectivity index (χ0n) is 9.63. The quantitative estimate of drug-likeness (QED) is 0.837. The summed E-state index contributed by atoms with van der Waals surface area (Å²) >= 11 is 0. The van der Waals surface area contributed by atoms with Gasteiger partial charge < -0.3 is 5.32 Å². The fourth-order valence-corrected chi connectivity index (χ4v) is 2.40. The molecule has 5 nitrogen and oxygen atoms in total. The van der Waals surface area contributed by atoms with Crippen molar-refractivity contribution in [2.75, 3.05) is 18.4 Å². The van der Waals surface area contributed by atoms with Gasteiger partial charge in [-0.1, -0.05) is 0 Å². The van der Waals surface area contributed by atoms with Crippen LogP contribution >= 0.6 is 0 Å². The lowest BCUT2D eigenvalue weighted by Gasteiger charge is -2.16. The SMILES string of the molecule is N#Cc1nccnc1NC1CCN(C2CC2)C1. The molecule has 1 aromatic rings. The highest BCUT2D eigenvalue weighted by Crippen LogP contribution is 2.30. The predicted octanol–water partition coefficient (Wildman–Crippen LogP) is 0.997. The van der Waals surface area contributed by atoms with Gasteiger partial charge in [-0.2, -0.15) is 5.26 Å². The van der Waals surface area contributed by atoms with E-state index in [9.17, 15) is 0 Å². The van der Waals surface area contributed by atoms with Crippen LogP contribution in [-0.2, 0) is 0 Å². The summed E-state index contributed by atoms with van der Waals surface area (Å²) in [6, 6.07) is 3.29. The largest absolute Gasteiger partial charge is 0.364 e. The first-order valence-corrected chi connectivity index (χ1v) is 6.08. The molecule has 1 saturated carbocycles. The van der Waals surface area contributed by atoms with Gasteiger partial charge in [0.2, 0.25) is 0 Å². The van der Waals surface area contributed by atoms with Crippen molar-refractivity contribution >= 4 is 5.82 Å². The molecular weight excluding hydrogens is 214 g/mol. The van der Waals surface area contributed by atoms with Gasteiger partial charge in [0.25, 0.3) is 0 Å². The number of hydrogen-bond acceptors (Lipinski definition) is 5. The van der Waals surface area contributed by atoms with Crippen molar-refractivity contribution in [3.8, 4) is 6.07 Å². The topological polar surface area (TPSA) is 64.8 Å². The number of anilines is 1. The van der Waals surface area contributed by atoms with Crippen LogP contribution in [0.1, 0.15) is 25.0 Å². The first kappa shape index (κ1) is 10.5. The number of aromatic nitrogens is 2. The average Bonchev–Trinajstić information content (AvgIpc) is 3.11. The van der Waals surface area contributed by atoms with E-state index < -0.39 is 0 Å². The second-order valence-electron chi connectivity index (χ2n) is 4.72. The minimum absolute atomic E-state index is 0.386. The molecule has 1 unspecified atom stereocenters. The molecule has 1 atom stereocenters. The van der Waals surface area contributed by atoms with E-state index in [0.717, 1.165) is 25.6 Å². The molecule has 1 saturated heterocycles. The van der Waals surface area contributed by atoms with E-state index in [0.29, 0.717) is 17.6 Å². The zero-order chi connectivity index (χ0) is 11.7. The highest BCUT2D eigenvalue weighted by atomic mass is 15.2. The molecule has 0 radical (unpaired) electrons. The van der Waals surface area contributed by atoms with Crippen LogP contribution in [0.25, 0.3) is 0 Å². The van der Waals surface area contributed by atoms with E-state index in [1.54, 1.807) is 12.4 Å². The molecule has 17 heavy (non-hydrogen) atoms. The van der Waals surface area contributed by atoms with Crippen LogP contribution in [0.3, 0.4) is 0 Å². The van der Waals surface area contributed by atoms with Crippen molar-refractivity contribution in [2.24, 2.45) is 0 Å². The molecular formula is C12H15N5. The van der Waals surface area contributed by atoms with Gasteiger partial charge in [-0.25, -0.2) is 9.97 Å². The number of nitrogens with one attached hydrogen (secondary N) is 1. The molecule has 5 heteroatoms. The van der Waals surface area contributed by atoms with Crippen molar-refractivity contribution in [2.45, 2.75) is 31.3 Å². The summed E-state index contributed by atoms with van der Waals surface area (Å²) in [5.74, 6) is 0.623.